The van der Waals surface area contributed by atoms with E-state index in [4.69, 9.17) is 0 Å². The minimum absolute atomic E-state index is 0.180. The number of hydrogen-bond acceptors (Lipinski definition) is 2. The molecule has 2 aromatic rings. The lowest BCUT2D eigenvalue weighted by Gasteiger charge is -2.20. The molecule has 0 aliphatic rings. The highest BCUT2D eigenvalue weighted by Crippen LogP contribution is 1.97. The van der Waals surface area contributed by atoms with Crippen molar-refractivity contribution in [1.29, 1.82) is 0 Å². The van der Waals surface area contributed by atoms with Crippen molar-refractivity contribution >= 4 is 19.2 Å². The maximum Gasteiger partial charge on any atom is 0.137 e. The molecule has 1 unspecified atom stereocenters. The number of hydrogen-bond donors (Lipinski definition) is 2. The van der Waals surface area contributed by atoms with Crippen LogP contribution in [0, 0.1) is 0 Å². The molecule has 0 aromatic heterocycles. The summed E-state index contributed by atoms with van der Waals surface area (Å²) in [7, 11) is -1.74. The summed E-state index contributed by atoms with van der Waals surface area (Å²) in [4.78, 5) is 0. The molecule has 1 atom stereocenters. The van der Waals surface area contributed by atoms with E-state index in [-0.39, 0.29) is 6.61 Å². The Kier molecular flexibility index (Phi) is 4.09. The minimum atomic E-state index is -1.74. The predicted octanol–water partition coefficient (Wildman–Crippen LogP) is -0.0797. The molecule has 3 heteroatoms. The van der Waals surface area contributed by atoms with Crippen LogP contribution in [0.2, 0.25) is 0 Å². The second-order valence-corrected chi connectivity index (χ2v) is 7.11. The first-order valence-corrected chi connectivity index (χ1v) is 7.54. The fourth-order valence-electron chi connectivity index (χ4n) is 2.06. The first-order valence-electron chi connectivity index (χ1n) is 5.71. The van der Waals surface area contributed by atoms with Crippen LogP contribution in [0.4, 0.5) is 0 Å². The van der Waals surface area contributed by atoms with Crippen LogP contribution in [0.1, 0.15) is 0 Å². The third-order valence-electron chi connectivity index (χ3n) is 2.89. The standard InChI is InChI=1S/C14H16O2Si/c15-11-14(16)17(12-7-3-1-4-8-12)13-9-5-2-6-10-13/h1-10,14-17H,11H2. The number of benzene rings is 2. The normalized spacial score (nSPS) is 12.6. The van der Waals surface area contributed by atoms with E-state index in [2.05, 4.69) is 0 Å². The Hall–Kier alpha value is -1.42. The molecule has 0 radical (unpaired) electrons. The fraction of sp³-hybridized carbons (Fsp3) is 0.143. The molecule has 2 nitrogen and oxygen atoms in total. The molecule has 0 aliphatic carbocycles. The highest BCUT2D eigenvalue weighted by molar-refractivity contribution is 6.86. The number of rotatable bonds is 4. The summed E-state index contributed by atoms with van der Waals surface area (Å²) in [6.07, 6.45) is 0. The topological polar surface area (TPSA) is 40.5 Å². The van der Waals surface area contributed by atoms with E-state index in [1.165, 1.54) is 0 Å². The number of aliphatic hydroxyl groups is 2. The molecule has 2 N–H and O–H groups in total. The molecule has 0 heterocycles. The van der Waals surface area contributed by atoms with Gasteiger partial charge in [-0.3, -0.25) is 0 Å². The van der Waals surface area contributed by atoms with E-state index < -0.39 is 14.5 Å². The first kappa shape index (κ1) is 12.0. The molecule has 2 aromatic carbocycles. The third-order valence-corrected chi connectivity index (χ3v) is 6.08. The molecule has 0 spiro atoms. The molecule has 88 valence electrons. The van der Waals surface area contributed by atoms with Crippen LogP contribution in [0.25, 0.3) is 0 Å². The van der Waals surface area contributed by atoms with Gasteiger partial charge in [0.1, 0.15) is 8.80 Å². The molecule has 0 aliphatic heterocycles. The van der Waals surface area contributed by atoms with Crippen LogP contribution < -0.4 is 10.4 Å². The monoisotopic (exact) mass is 244 g/mol. The molecule has 17 heavy (non-hydrogen) atoms. The Balaban J connectivity index is 2.39. The van der Waals surface area contributed by atoms with Crippen molar-refractivity contribution in [2.75, 3.05) is 6.61 Å². The SMILES string of the molecule is OCC(O)[SiH](c1ccccc1)c1ccccc1. The Bertz CT molecular complexity index is 405. The van der Waals surface area contributed by atoms with E-state index in [1.54, 1.807) is 0 Å². The zero-order chi connectivity index (χ0) is 12.1. The minimum Gasteiger partial charge on any atom is -0.394 e. The lowest BCUT2D eigenvalue weighted by molar-refractivity contribution is 0.151. The Morgan fingerprint density at radius 1 is 0.824 bits per heavy atom. The van der Waals surface area contributed by atoms with Gasteiger partial charge in [0.05, 0.1) is 12.3 Å². The van der Waals surface area contributed by atoms with Crippen molar-refractivity contribution in [3.63, 3.8) is 0 Å². The second-order valence-electron chi connectivity index (χ2n) is 4.05. The summed E-state index contributed by atoms with van der Waals surface area (Å²) < 4.78 is 0. The lowest BCUT2D eigenvalue weighted by Crippen LogP contribution is -2.53. The largest absolute Gasteiger partial charge is 0.394 e. The Labute approximate surface area is 103 Å². The van der Waals surface area contributed by atoms with Crippen molar-refractivity contribution in [2.45, 2.75) is 5.73 Å². The lowest BCUT2D eigenvalue weighted by atomic mass is 10.4. The Morgan fingerprint density at radius 2 is 1.24 bits per heavy atom. The van der Waals surface area contributed by atoms with Crippen LogP contribution in [0.15, 0.2) is 60.7 Å². The van der Waals surface area contributed by atoms with Gasteiger partial charge in [0.2, 0.25) is 0 Å². The highest BCUT2D eigenvalue weighted by atomic mass is 28.3. The zero-order valence-corrected chi connectivity index (χ0v) is 10.7. The second kappa shape index (κ2) is 5.77. The van der Waals surface area contributed by atoms with Crippen molar-refractivity contribution in [2.24, 2.45) is 0 Å². The van der Waals surface area contributed by atoms with Crippen LogP contribution >= 0.6 is 0 Å². The molecular formula is C14H16O2Si. The average molecular weight is 244 g/mol. The predicted molar refractivity (Wildman–Crippen MR) is 72.4 cm³/mol. The van der Waals surface area contributed by atoms with E-state index in [9.17, 15) is 10.2 Å². The van der Waals surface area contributed by atoms with Crippen LogP contribution in [0.5, 0.6) is 0 Å². The summed E-state index contributed by atoms with van der Waals surface area (Å²) in [5.41, 5.74) is -0.639. The maximum absolute atomic E-state index is 10.0. The summed E-state index contributed by atoms with van der Waals surface area (Å²) >= 11 is 0. The van der Waals surface area contributed by atoms with Crippen molar-refractivity contribution < 1.29 is 10.2 Å². The van der Waals surface area contributed by atoms with Crippen molar-refractivity contribution in [3.05, 3.63) is 60.7 Å². The van der Waals surface area contributed by atoms with Gasteiger partial charge in [-0.25, -0.2) is 0 Å². The van der Waals surface area contributed by atoms with Crippen LogP contribution in [-0.4, -0.2) is 31.3 Å². The quantitative estimate of drug-likeness (QED) is 0.739. The van der Waals surface area contributed by atoms with E-state index in [0.29, 0.717) is 0 Å². The zero-order valence-electron chi connectivity index (χ0n) is 9.53. The summed E-state index contributed by atoms with van der Waals surface area (Å²) in [5.74, 6) is 0. The Morgan fingerprint density at radius 3 is 1.59 bits per heavy atom. The van der Waals surface area contributed by atoms with Crippen molar-refractivity contribution in [3.8, 4) is 0 Å². The van der Waals surface area contributed by atoms with Gasteiger partial charge in [-0.2, -0.15) is 0 Å². The van der Waals surface area contributed by atoms with Gasteiger partial charge in [-0.1, -0.05) is 71.0 Å². The maximum atomic E-state index is 10.0. The van der Waals surface area contributed by atoms with Gasteiger partial charge in [-0.15, -0.1) is 0 Å². The molecule has 0 bridgehead atoms. The molecule has 0 amide bonds. The highest BCUT2D eigenvalue weighted by Gasteiger charge is 2.24. The van der Waals surface area contributed by atoms with E-state index in [1.807, 2.05) is 60.7 Å². The van der Waals surface area contributed by atoms with E-state index >= 15 is 0 Å². The molecule has 0 saturated heterocycles. The van der Waals surface area contributed by atoms with E-state index in [0.717, 1.165) is 10.4 Å². The molecular weight excluding hydrogens is 228 g/mol. The van der Waals surface area contributed by atoms with Gasteiger partial charge in [0.25, 0.3) is 0 Å². The molecule has 0 fully saturated rings. The fourth-order valence-corrected chi connectivity index (χ4v) is 4.82. The van der Waals surface area contributed by atoms with Gasteiger partial charge < -0.3 is 10.2 Å². The summed E-state index contributed by atoms with van der Waals surface area (Å²) in [6.45, 7) is -0.180. The van der Waals surface area contributed by atoms with Gasteiger partial charge >= 0.3 is 0 Å². The van der Waals surface area contributed by atoms with Crippen LogP contribution in [-0.2, 0) is 0 Å². The van der Waals surface area contributed by atoms with Crippen molar-refractivity contribution in [1.82, 2.24) is 0 Å². The molecule has 2 rings (SSSR count). The third kappa shape index (κ3) is 2.82. The van der Waals surface area contributed by atoms with Gasteiger partial charge in [-0.05, 0) is 0 Å². The smallest absolute Gasteiger partial charge is 0.137 e. The first-order chi connectivity index (χ1) is 8.33. The van der Waals surface area contributed by atoms with Crippen LogP contribution in [0.3, 0.4) is 0 Å². The summed E-state index contributed by atoms with van der Waals surface area (Å²) in [6, 6.07) is 19.9. The number of aliphatic hydroxyl groups excluding tert-OH is 2. The molecule has 0 saturated carbocycles. The van der Waals surface area contributed by atoms with Gasteiger partial charge in [0.15, 0.2) is 0 Å². The summed E-state index contributed by atoms with van der Waals surface area (Å²) in [5, 5.41) is 21.6. The average Bonchev–Trinajstić information content (AvgIpc) is 2.41. The van der Waals surface area contributed by atoms with Gasteiger partial charge in [0, 0.05) is 0 Å².